The number of nitrogens with zero attached hydrogens (tertiary/aromatic N) is 1. The number of hydrogen-bond donors (Lipinski definition) is 0. The Labute approximate surface area is 147 Å². The molecule has 3 rings (SSSR count). The number of sulfonamides is 1. The second-order valence-corrected chi connectivity index (χ2v) is 9.16. The molecule has 1 saturated carbocycles. The van der Waals surface area contributed by atoms with Gasteiger partial charge in [0, 0.05) is 25.6 Å². The van der Waals surface area contributed by atoms with Gasteiger partial charge in [-0.1, -0.05) is 35.7 Å². The monoisotopic (exact) mass is 377 g/mol. The van der Waals surface area contributed by atoms with Gasteiger partial charge in [0.1, 0.15) is 4.90 Å². The first-order chi connectivity index (χ1) is 10.9. The Morgan fingerprint density at radius 3 is 2.52 bits per heavy atom. The van der Waals surface area contributed by atoms with Crippen LogP contribution in [0.15, 0.2) is 23.1 Å². The van der Waals surface area contributed by atoms with E-state index in [1.807, 2.05) is 0 Å². The molecule has 0 aromatic heterocycles. The lowest BCUT2D eigenvalue weighted by Crippen LogP contribution is -2.49. The Bertz CT molecular complexity index is 674. The molecule has 0 N–H and O–H groups in total. The highest BCUT2D eigenvalue weighted by atomic mass is 35.5. The van der Waals surface area contributed by atoms with Crippen molar-refractivity contribution in [3.05, 3.63) is 28.2 Å². The number of benzene rings is 1. The molecule has 2 atom stereocenters. The zero-order valence-corrected chi connectivity index (χ0v) is 15.4. The normalized spacial score (nSPS) is 29.3. The van der Waals surface area contributed by atoms with Crippen molar-refractivity contribution in [1.29, 1.82) is 0 Å². The first-order valence-electron chi connectivity index (χ1n) is 7.88. The van der Waals surface area contributed by atoms with Crippen molar-refractivity contribution in [1.82, 2.24) is 4.31 Å². The smallest absolute Gasteiger partial charge is 0.246 e. The van der Waals surface area contributed by atoms with Gasteiger partial charge in [-0.3, -0.25) is 0 Å². The van der Waals surface area contributed by atoms with E-state index in [1.165, 1.54) is 0 Å². The lowest BCUT2D eigenvalue weighted by atomic mass is 9.77. The third kappa shape index (κ3) is 3.02. The molecule has 1 heterocycles. The van der Waals surface area contributed by atoms with E-state index in [0.29, 0.717) is 13.1 Å². The fraction of sp³-hybridized carbons (Fsp3) is 0.625. The molecule has 1 aromatic carbocycles. The summed E-state index contributed by atoms with van der Waals surface area (Å²) >= 11 is 12.3. The van der Waals surface area contributed by atoms with E-state index in [0.717, 1.165) is 32.1 Å². The molecule has 1 saturated heterocycles. The maximum Gasteiger partial charge on any atom is 0.246 e. The zero-order chi connectivity index (χ0) is 16.7. The lowest BCUT2D eigenvalue weighted by Gasteiger charge is -2.43. The molecule has 2 fully saturated rings. The predicted molar refractivity (Wildman–Crippen MR) is 91.5 cm³/mol. The molecule has 7 heteroatoms. The van der Waals surface area contributed by atoms with E-state index in [9.17, 15) is 8.42 Å². The van der Waals surface area contributed by atoms with E-state index in [2.05, 4.69) is 0 Å². The highest BCUT2D eigenvalue weighted by Gasteiger charge is 2.48. The van der Waals surface area contributed by atoms with E-state index < -0.39 is 10.0 Å². The van der Waals surface area contributed by atoms with Gasteiger partial charge in [-0.15, -0.1) is 0 Å². The van der Waals surface area contributed by atoms with Gasteiger partial charge in [0.05, 0.1) is 16.1 Å². The van der Waals surface area contributed by atoms with Gasteiger partial charge in [-0.2, -0.15) is 4.31 Å². The SMILES string of the molecule is CO[C@@H]1CCC[C@@]12CCCN(S(=O)(=O)c1c(Cl)cccc1Cl)C2. The topological polar surface area (TPSA) is 46.6 Å². The Balaban J connectivity index is 1.95. The van der Waals surface area contributed by atoms with E-state index in [1.54, 1.807) is 29.6 Å². The van der Waals surface area contributed by atoms with Crippen molar-refractivity contribution in [2.24, 2.45) is 5.41 Å². The third-order valence-electron chi connectivity index (χ3n) is 5.20. The quantitative estimate of drug-likeness (QED) is 0.800. The summed E-state index contributed by atoms with van der Waals surface area (Å²) in [5, 5.41) is 0.346. The molecule has 1 aliphatic carbocycles. The van der Waals surface area contributed by atoms with Crippen LogP contribution in [0.25, 0.3) is 0 Å². The molecule has 128 valence electrons. The van der Waals surface area contributed by atoms with Crippen LogP contribution in [0.5, 0.6) is 0 Å². The predicted octanol–water partition coefficient (Wildman–Crippen LogP) is 3.96. The van der Waals surface area contributed by atoms with Crippen molar-refractivity contribution in [3.63, 3.8) is 0 Å². The van der Waals surface area contributed by atoms with Crippen LogP contribution in [-0.4, -0.2) is 39.0 Å². The average molecular weight is 378 g/mol. The molecular weight excluding hydrogens is 357 g/mol. The molecule has 1 aromatic rings. The summed E-state index contributed by atoms with van der Waals surface area (Å²) in [4.78, 5) is 0.0207. The fourth-order valence-electron chi connectivity index (χ4n) is 4.12. The van der Waals surface area contributed by atoms with Crippen LogP contribution >= 0.6 is 23.2 Å². The van der Waals surface area contributed by atoms with E-state index in [-0.39, 0.29) is 26.5 Å². The Morgan fingerprint density at radius 1 is 1.22 bits per heavy atom. The average Bonchev–Trinajstić information content (AvgIpc) is 2.89. The summed E-state index contributed by atoms with van der Waals surface area (Å²) in [6.07, 6.45) is 5.06. The summed E-state index contributed by atoms with van der Waals surface area (Å²) in [5.41, 5.74) is -0.0756. The minimum Gasteiger partial charge on any atom is -0.381 e. The van der Waals surface area contributed by atoms with Crippen molar-refractivity contribution in [3.8, 4) is 0 Å². The van der Waals surface area contributed by atoms with Gasteiger partial charge in [0.25, 0.3) is 0 Å². The number of piperidine rings is 1. The molecule has 0 unspecified atom stereocenters. The van der Waals surface area contributed by atoms with Gasteiger partial charge in [0.15, 0.2) is 0 Å². The molecule has 2 aliphatic rings. The number of halogens is 2. The number of methoxy groups -OCH3 is 1. The first kappa shape index (κ1) is 17.5. The van der Waals surface area contributed by atoms with Crippen molar-refractivity contribution in [2.45, 2.75) is 43.1 Å². The van der Waals surface area contributed by atoms with Crippen molar-refractivity contribution in [2.75, 3.05) is 20.2 Å². The second kappa shape index (κ2) is 6.52. The van der Waals surface area contributed by atoms with Crippen LogP contribution in [0.1, 0.15) is 32.1 Å². The molecule has 23 heavy (non-hydrogen) atoms. The Hall–Kier alpha value is -0.330. The maximum absolute atomic E-state index is 13.1. The highest BCUT2D eigenvalue weighted by Crippen LogP contribution is 2.47. The van der Waals surface area contributed by atoms with Crippen LogP contribution in [0.2, 0.25) is 10.0 Å². The standard InChI is InChI=1S/C16H21Cl2NO3S/c1-22-14-7-3-8-16(14)9-4-10-19(11-16)23(20,21)15-12(17)5-2-6-13(15)18/h2,5-6,14H,3-4,7-11H2,1H3/t14-,16+/m1/s1. The number of ether oxygens (including phenoxy) is 1. The fourth-order valence-corrected chi connectivity index (χ4v) is 6.79. The van der Waals surface area contributed by atoms with Crippen LogP contribution in [0.3, 0.4) is 0 Å². The Morgan fingerprint density at radius 2 is 1.87 bits per heavy atom. The van der Waals surface area contributed by atoms with Crippen LogP contribution in [0, 0.1) is 5.41 Å². The third-order valence-corrected chi connectivity index (χ3v) is 8.00. The first-order valence-corrected chi connectivity index (χ1v) is 10.1. The van der Waals surface area contributed by atoms with Crippen molar-refractivity contribution < 1.29 is 13.2 Å². The molecule has 4 nitrogen and oxygen atoms in total. The molecule has 1 aliphatic heterocycles. The van der Waals surface area contributed by atoms with Crippen LogP contribution in [-0.2, 0) is 14.8 Å². The van der Waals surface area contributed by atoms with Gasteiger partial charge < -0.3 is 4.74 Å². The van der Waals surface area contributed by atoms with Gasteiger partial charge in [-0.25, -0.2) is 8.42 Å². The largest absolute Gasteiger partial charge is 0.381 e. The molecule has 0 radical (unpaired) electrons. The number of hydrogen-bond acceptors (Lipinski definition) is 3. The van der Waals surface area contributed by atoms with Gasteiger partial charge in [-0.05, 0) is 37.8 Å². The van der Waals surface area contributed by atoms with Gasteiger partial charge in [0.2, 0.25) is 10.0 Å². The summed E-state index contributed by atoms with van der Waals surface area (Å²) in [5.74, 6) is 0. The van der Waals surface area contributed by atoms with E-state index >= 15 is 0 Å². The zero-order valence-electron chi connectivity index (χ0n) is 13.1. The number of rotatable bonds is 3. The molecule has 0 amide bonds. The molecule has 1 spiro atoms. The highest BCUT2D eigenvalue weighted by molar-refractivity contribution is 7.89. The Kier molecular flexibility index (Phi) is 4.96. The molecule has 0 bridgehead atoms. The minimum absolute atomic E-state index is 0.0207. The lowest BCUT2D eigenvalue weighted by molar-refractivity contribution is -0.0184. The summed E-state index contributed by atoms with van der Waals surface area (Å²) in [7, 11) is -1.99. The van der Waals surface area contributed by atoms with Gasteiger partial charge >= 0.3 is 0 Å². The summed E-state index contributed by atoms with van der Waals surface area (Å²) in [6, 6.07) is 4.78. The summed E-state index contributed by atoms with van der Waals surface area (Å²) < 4.78 is 33.3. The van der Waals surface area contributed by atoms with Crippen LogP contribution in [0.4, 0.5) is 0 Å². The second-order valence-electron chi connectivity index (χ2n) is 6.47. The molecular formula is C16H21Cl2NO3S. The minimum atomic E-state index is -3.70. The van der Waals surface area contributed by atoms with Crippen LogP contribution < -0.4 is 0 Å². The maximum atomic E-state index is 13.1. The van der Waals surface area contributed by atoms with Crippen molar-refractivity contribution >= 4 is 33.2 Å². The summed E-state index contributed by atoms with van der Waals surface area (Å²) in [6.45, 7) is 0.984. The van der Waals surface area contributed by atoms with E-state index in [4.69, 9.17) is 27.9 Å².